The maximum absolute atomic E-state index is 11.6. The van der Waals surface area contributed by atoms with Gasteiger partial charge in [-0.15, -0.1) is 0 Å². The number of carboxylic acids is 1. The number of amides is 2. The summed E-state index contributed by atoms with van der Waals surface area (Å²) >= 11 is 0. The molecule has 1 heterocycles. The summed E-state index contributed by atoms with van der Waals surface area (Å²) < 4.78 is 0. The third-order valence-electron chi connectivity index (χ3n) is 2.78. The van der Waals surface area contributed by atoms with Gasteiger partial charge < -0.3 is 15.3 Å². The summed E-state index contributed by atoms with van der Waals surface area (Å²) in [5, 5.41) is 11.7. The minimum absolute atomic E-state index is 0.0863. The Kier molecular flexibility index (Phi) is 3.45. The highest BCUT2D eigenvalue weighted by atomic mass is 16.4. The molecule has 1 fully saturated rings. The van der Waals surface area contributed by atoms with Crippen LogP contribution in [0.5, 0.6) is 0 Å². The van der Waals surface area contributed by atoms with Crippen molar-refractivity contribution in [1.82, 2.24) is 10.2 Å². The maximum Gasteiger partial charge on any atom is 0.317 e. The number of carboxylic acid groups (broad SMARTS) is 1. The van der Waals surface area contributed by atoms with Gasteiger partial charge in [-0.1, -0.05) is 6.92 Å². The molecule has 1 saturated heterocycles. The highest BCUT2D eigenvalue weighted by Crippen LogP contribution is 2.24. The van der Waals surface area contributed by atoms with E-state index < -0.39 is 5.97 Å². The van der Waals surface area contributed by atoms with E-state index in [0.29, 0.717) is 13.1 Å². The van der Waals surface area contributed by atoms with E-state index in [1.807, 2.05) is 20.8 Å². The quantitative estimate of drug-likeness (QED) is 0.744. The second-order valence-electron chi connectivity index (χ2n) is 5.47. The van der Waals surface area contributed by atoms with Crippen LogP contribution < -0.4 is 5.32 Å². The molecule has 92 valence electrons. The lowest BCUT2D eigenvalue weighted by Gasteiger charge is -2.42. The van der Waals surface area contributed by atoms with Crippen LogP contribution in [-0.4, -0.2) is 40.6 Å². The summed E-state index contributed by atoms with van der Waals surface area (Å²) in [4.78, 5) is 24.0. The summed E-state index contributed by atoms with van der Waals surface area (Å²) in [6.45, 7) is 8.52. The van der Waals surface area contributed by atoms with E-state index in [-0.39, 0.29) is 23.4 Å². The van der Waals surface area contributed by atoms with Crippen LogP contribution in [0.4, 0.5) is 4.79 Å². The molecule has 0 aliphatic carbocycles. The molecule has 0 aromatic carbocycles. The molecule has 0 aromatic heterocycles. The Balaban J connectivity index is 2.36. The van der Waals surface area contributed by atoms with Crippen molar-refractivity contribution in [1.29, 1.82) is 0 Å². The van der Waals surface area contributed by atoms with Crippen LogP contribution in [0.2, 0.25) is 0 Å². The van der Waals surface area contributed by atoms with Crippen LogP contribution in [-0.2, 0) is 4.79 Å². The fourth-order valence-electron chi connectivity index (χ4n) is 1.60. The number of carbonyl (C=O) groups excluding carboxylic acids is 1. The van der Waals surface area contributed by atoms with E-state index in [1.165, 1.54) is 0 Å². The first kappa shape index (κ1) is 12.8. The van der Waals surface area contributed by atoms with Gasteiger partial charge in [-0.25, -0.2) is 4.79 Å². The van der Waals surface area contributed by atoms with Crippen molar-refractivity contribution in [3.8, 4) is 0 Å². The first-order valence-corrected chi connectivity index (χ1v) is 5.50. The summed E-state index contributed by atoms with van der Waals surface area (Å²) in [6.07, 6.45) is 0. The lowest BCUT2D eigenvalue weighted by atomic mass is 9.87. The molecule has 1 aliphatic rings. The number of hydrogen-bond donors (Lipinski definition) is 2. The molecule has 1 atom stereocenters. The van der Waals surface area contributed by atoms with Crippen molar-refractivity contribution in [3.05, 3.63) is 0 Å². The standard InChI is InChI=1S/C11H20N2O3/c1-7(9(14)15)8-5-13(6-8)10(16)12-11(2,3)4/h7-8H,5-6H2,1-4H3,(H,12,16)(H,14,15). The smallest absolute Gasteiger partial charge is 0.317 e. The van der Waals surface area contributed by atoms with Crippen LogP contribution in [0, 0.1) is 11.8 Å². The SMILES string of the molecule is CC(C(=O)O)C1CN(C(=O)NC(C)(C)C)C1. The Bertz CT molecular complexity index is 290. The number of carbonyl (C=O) groups is 2. The van der Waals surface area contributed by atoms with Gasteiger partial charge in [0.2, 0.25) is 0 Å². The molecule has 0 radical (unpaired) electrons. The lowest BCUT2D eigenvalue weighted by Crippen LogP contribution is -2.59. The molecule has 1 unspecified atom stereocenters. The van der Waals surface area contributed by atoms with Gasteiger partial charge in [-0.2, -0.15) is 0 Å². The fourth-order valence-corrected chi connectivity index (χ4v) is 1.60. The Hall–Kier alpha value is -1.26. The number of nitrogens with one attached hydrogen (secondary N) is 1. The molecule has 2 amide bonds. The summed E-state index contributed by atoms with van der Waals surface area (Å²) in [6, 6.07) is -0.110. The van der Waals surface area contributed by atoms with Crippen molar-refractivity contribution < 1.29 is 14.7 Å². The summed E-state index contributed by atoms with van der Waals surface area (Å²) in [5.74, 6) is -1.08. The number of likely N-dealkylation sites (tertiary alicyclic amines) is 1. The first-order chi connectivity index (χ1) is 7.20. The van der Waals surface area contributed by atoms with E-state index in [4.69, 9.17) is 5.11 Å². The predicted molar refractivity (Wildman–Crippen MR) is 60.1 cm³/mol. The molecule has 1 rings (SSSR count). The van der Waals surface area contributed by atoms with Gasteiger partial charge in [0.15, 0.2) is 0 Å². The Morgan fingerprint density at radius 3 is 2.25 bits per heavy atom. The maximum atomic E-state index is 11.6. The normalized spacial score (nSPS) is 18.9. The second-order valence-corrected chi connectivity index (χ2v) is 5.47. The van der Waals surface area contributed by atoms with Gasteiger partial charge >= 0.3 is 12.0 Å². The third kappa shape index (κ3) is 3.12. The van der Waals surface area contributed by atoms with Gasteiger partial charge in [0.25, 0.3) is 0 Å². The number of rotatable bonds is 2. The molecule has 0 bridgehead atoms. The highest BCUT2D eigenvalue weighted by Gasteiger charge is 2.37. The van der Waals surface area contributed by atoms with E-state index in [2.05, 4.69) is 5.32 Å². The van der Waals surface area contributed by atoms with Crippen LogP contribution in [0.3, 0.4) is 0 Å². The van der Waals surface area contributed by atoms with Crippen molar-refractivity contribution in [2.24, 2.45) is 11.8 Å². The minimum Gasteiger partial charge on any atom is -0.481 e. The molecule has 0 aromatic rings. The zero-order chi connectivity index (χ0) is 12.5. The number of aliphatic carboxylic acids is 1. The molecular weight excluding hydrogens is 208 g/mol. The zero-order valence-electron chi connectivity index (χ0n) is 10.3. The van der Waals surface area contributed by atoms with Crippen LogP contribution >= 0.6 is 0 Å². The molecule has 5 heteroatoms. The van der Waals surface area contributed by atoms with Gasteiger partial charge in [0.05, 0.1) is 5.92 Å². The van der Waals surface area contributed by atoms with Crippen LogP contribution in [0.1, 0.15) is 27.7 Å². The largest absolute Gasteiger partial charge is 0.481 e. The number of nitrogens with zero attached hydrogens (tertiary/aromatic N) is 1. The molecule has 1 aliphatic heterocycles. The Morgan fingerprint density at radius 2 is 1.88 bits per heavy atom. The molecular formula is C11H20N2O3. The topological polar surface area (TPSA) is 69.6 Å². The van der Waals surface area contributed by atoms with Gasteiger partial charge in [0, 0.05) is 24.5 Å². The van der Waals surface area contributed by atoms with Gasteiger partial charge in [-0.3, -0.25) is 4.79 Å². The minimum atomic E-state index is -0.791. The van der Waals surface area contributed by atoms with Gasteiger partial charge in [-0.05, 0) is 20.8 Å². The van der Waals surface area contributed by atoms with Crippen molar-refractivity contribution >= 4 is 12.0 Å². The molecule has 2 N–H and O–H groups in total. The van der Waals surface area contributed by atoms with E-state index in [0.717, 1.165) is 0 Å². The van der Waals surface area contributed by atoms with Gasteiger partial charge in [0.1, 0.15) is 0 Å². The second kappa shape index (κ2) is 4.31. The Morgan fingerprint density at radius 1 is 1.38 bits per heavy atom. The summed E-state index contributed by atoms with van der Waals surface area (Å²) in [5.41, 5.74) is -0.249. The van der Waals surface area contributed by atoms with E-state index >= 15 is 0 Å². The molecule has 0 spiro atoms. The average Bonchev–Trinajstić information content (AvgIpc) is 1.96. The highest BCUT2D eigenvalue weighted by molar-refractivity contribution is 5.76. The molecule has 5 nitrogen and oxygen atoms in total. The van der Waals surface area contributed by atoms with E-state index in [9.17, 15) is 9.59 Å². The fraction of sp³-hybridized carbons (Fsp3) is 0.818. The lowest BCUT2D eigenvalue weighted by molar-refractivity contribution is -0.144. The van der Waals surface area contributed by atoms with Crippen molar-refractivity contribution in [3.63, 3.8) is 0 Å². The molecule has 0 saturated carbocycles. The number of urea groups is 1. The molecule has 16 heavy (non-hydrogen) atoms. The van der Waals surface area contributed by atoms with Crippen molar-refractivity contribution in [2.45, 2.75) is 33.2 Å². The third-order valence-corrected chi connectivity index (χ3v) is 2.78. The van der Waals surface area contributed by atoms with Crippen molar-refractivity contribution in [2.75, 3.05) is 13.1 Å². The average molecular weight is 228 g/mol. The first-order valence-electron chi connectivity index (χ1n) is 5.50. The monoisotopic (exact) mass is 228 g/mol. The predicted octanol–water partition coefficient (Wildman–Crippen LogP) is 1.15. The Labute approximate surface area is 95.8 Å². The number of hydrogen-bond acceptors (Lipinski definition) is 2. The summed E-state index contributed by atoms with van der Waals surface area (Å²) in [7, 11) is 0. The van der Waals surface area contributed by atoms with Crippen LogP contribution in [0.15, 0.2) is 0 Å². The van der Waals surface area contributed by atoms with E-state index in [1.54, 1.807) is 11.8 Å². The van der Waals surface area contributed by atoms with Crippen LogP contribution in [0.25, 0.3) is 0 Å². The zero-order valence-corrected chi connectivity index (χ0v) is 10.3.